The van der Waals surface area contributed by atoms with Crippen LogP contribution in [0.2, 0.25) is 0 Å². The van der Waals surface area contributed by atoms with E-state index in [2.05, 4.69) is 5.32 Å². The second-order valence-electron chi connectivity index (χ2n) is 9.80. The number of benzene rings is 2. The first-order valence-electron chi connectivity index (χ1n) is 12.3. The number of alkyl carbamates (subject to hydrolysis) is 1. The summed E-state index contributed by atoms with van der Waals surface area (Å²) in [5.41, 5.74) is 1.33. The van der Waals surface area contributed by atoms with Crippen molar-refractivity contribution < 1.29 is 33.3 Å². The lowest BCUT2D eigenvalue weighted by molar-refractivity contribution is -0.178. The molecule has 3 rings (SSSR count). The number of amides is 1. The highest BCUT2D eigenvalue weighted by molar-refractivity contribution is 5.81. The minimum absolute atomic E-state index is 0.0360. The van der Waals surface area contributed by atoms with Crippen LogP contribution < -0.4 is 5.32 Å². The number of carbonyl (C=O) groups is 2. The zero-order valence-corrected chi connectivity index (χ0v) is 21.5. The predicted octanol–water partition coefficient (Wildman–Crippen LogP) is 4.40. The molecule has 0 spiro atoms. The van der Waals surface area contributed by atoms with Crippen LogP contribution in [0, 0.1) is 0 Å². The van der Waals surface area contributed by atoms with Gasteiger partial charge >= 0.3 is 12.1 Å². The highest BCUT2D eigenvalue weighted by atomic mass is 16.6. The van der Waals surface area contributed by atoms with Crippen molar-refractivity contribution in [2.24, 2.45) is 0 Å². The van der Waals surface area contributed by atoms with E-state index in [-0.39, 0.29) is 12.7 Å². The predicted molar refractivity (Wildman–Crippen MR) is 134 cm³/mol. The van der Waals surface area contributed by atoms with Crippen LogP contribution in [-0.2, 0) is 41.7 Å². The maximum absolute atomic E-state index is 13.0. The van der Waals surface area contributed by atoms with Gasteiger partial charge < -0.3 is 29.0 Å². The number of hydrogen-bond donors (Lipinski definition) is 1. The average molecular weight is 500 g/mol. The Morgan fingerprint density at radius 1 is 0.972 bits per heavy atom. The van der Waals surface area contributed by atoms with Crippen LogP contribution in [0.4, 0.5) is 4.79 Å². The third kappa shape index (κ3) is 9.26. The van der Waals surface area contributed by atoms with Gasteiger partial charge in [-0.3, -0.25) is 0 Å². The van der Waals surface area contributed by atoms with Gasteiger partial charge in [-0.05, 0) is 45.2 Å². The van der Waals surface area contributed by atoms with E-state index in [1.54, 1.807) is 27.7 Å². The summed E-state index contributed by atoms with van der Waals surface area (Å²) in [5, 5.41) is 2.56. The summed E-state index contributed by atoms with van der Waals surface area (Å²) >= 11 is 0. The quantitative estimate of drug-likeness (QED) is 0.565. The fourth-order valence-corrected chi connectivity index (χ4v) is 3.78. The summed E-state index contributed by atoms with van der Waals surface area (Å²) in [6.45, 7) is 8.03. The first kappa shape index (κ1) is 27.6. The molecule has 1 aliphatic heterocycles. The minimum atomic E-state index is -1.00. The molecule has 0 radical (unpaired) electrons. The molecule has 1 aliphatic rings. The Balaban J connectivity index is 1.72. The third-order valence-corrected chi connectivity index (χ3v) is 5.53. The Morgan fingerprint density at radius 3 is 2.14 bits per heavy atom. The molecule has 0 unspecified atom stereocenters. The van der Waals surface area contributed by atoms with Gasteiger partial charge in [0, 0.05) is 6.61 Å². The molecule has 0 saturated carbocycles. The lowest BCUT2D eigenvalue weighted by Crippen LogP contribution is -2.51. The van der Waals surface area contributed by atoms with Crippen LogP contribution >= 0.6 is 0 Å². The van der Waals surface area contributed by atoms with Crippen molar-refractivity contribution in [3.8, 4) is 0 Å². The van der Waals surface area contributed by atoms with Crippen LogP contribution in [0.5, 0.6) is 0 Å². The summed E-state index contributed by atoms with van der Waals surface area (Å²) in [7, 11) is 0. The molecule has 2 aromatic carbocycles. The Morgan fingerprint density at radius 2 is 1.56 bits per heavy atom. The smallest absolute Gasteiger partial charge is 0.408 e. The van der Waals surface area contributed by atoms with Gasteiger partial charge in [0.1, 0.15) is 17.8 Å². The van der Waals surface area contributed by atoms with Gasteiger partial charge in [0.05, 0.1) is 25.9 Å². The molecule has 1 N–H and O–H groups in total. The molecule has 8 nitrogen and oxygen atoms in total. The maximum Gasteiger partial charge on any atom is 0.408 e. The fraction of sp³-hybridized carbons (Fsp3) is 0.500. The van der Waals surface area contributed by atoms with E-state index in [1.807, 2.05) is 60.7 Å². The number of carbonyl (C=O) groups excluding carboxylic acids is 2. The SMILES string of the molecule is C[C@@H]1OC(=O)[C@@H](NC(=O)OC(C)(C)C)COCC[C@@H](OCc2ccccc2)[C@H]1OCc1ccccc1. The van der Waals surface area contributed by atoms with Crippen molar-refractivity contribution in [2.75, 3.05) is 13.2 Å². The van der Waals surface area contributed by atoms with E-state index in [1.165, 1.54) is 0 Å². The van der Waals surface area contributed by atoms with E-state index in [0.717, 1.165) is 11.1 Å². The van der Waals surface area contributed by atoms with Crippen LogP contribution in [-0.4, -0.2) is 55.2 Å². The van der Waals surface area contributed by atoms with Crippen molar-refractivity contribution in [1.29, 1.82) is 0 Å². The van der Waals surface area contributed by atoms with E-state index in [0.29, 0.717) is 26.2 Å². The molecule has 0 bridgehead atoms. The molecule has 2 aromatic rings. The zero-order valence-electron chi connectivity index (χ0n) is 21.5. The number of nitrogens with one attached hydrogen (secondary N) is 1. The molecule has 1 saturated heterocycles. The minimum Gasteiger partial charge on any atom is -0.458 e. The molecule has 0 aromatic heterocycles. The second-order valence-corrected chi connectivity index (χ2v) is 9.80. The van der Waals surface area contributed by atoms with Gasteiger partial charge in [-0.1, -0.05) is 60.7 Å². The van der Waals surface area contributed by atoms with Crippen molar-refractivity contribution in [3.63, 3.8) is 0 Å². The Hall–Kier alpha value is -2.94. The molecule has 0 aliphatic carbocycles. The highest BCUT2D eigenvalue weighted by Gasteiger charge is 2.35. The Labute approximate surface area is 213 Å². The summed E-state index contributed by atoms with van der Waals surface area (Å²) in [6.07, 6.45) is -1.76. The molecular weight excluding hydrogens is 462 g/mol. The van der Waals surface area contributed by atoms with E-state index in [9.17, 15) is 9.59 Å². The van der Waals surface area contributed by atoms with Gasteiger partial charge in [-0.2, -0.15) is 0 Å². The molecule has 8 heteroatoms. The second kappa shape index (κ2) is 13.4. The van der Waals surface area contributed by atoms with Crippen LogP contribution in [0.15, 0.2) is 60.7 Å². The monoisotopic (exact) mass is 499 g/mol. The summed E-state index contributed by atoms with van der Waals surface area (Å²) in [4.78, 5) is 25.2. The highest BCUT2D eigenvalue weighted by Crippen LogP contribution is 2.21. The van der Waals surface area contributed by atoms with E-state index >= 15 is 0 Å². The normalized spacial score (nSPS) is 23.4. The van der Waals surface area contributed by atoms with Gasteiger partial charge in [0.25, 0.3) is 0 Å². The molecule has 36 heavy (non-hydrogen) atoms. The van der Waals surface area contributed by atoms with Gasteiger partial charge in [-0.15, -0.1) is 0 Å². The van der Waals surface area contributed by atoms with Gasteiger partial charge in [0.2, 0.25) is 0 Å². The lowest BCUT2D eigenvalue weighted by Gasteiger charge is -2.34. The maximum atomic E-state index is 13.0. The topological polar surface area (TPSA) is 92.3 Å². The molecular formula is C28H37NO7. The van der Waals surface area contributed by atoms with Crippen LogP contribution in [0.25, 0.3) is 0 Å². The molecule has 1 amide bonds. The van der Waals surface area contributed by atoms with E-state index in [4.69, 9.17) is 23.7 Å². The Bertz CT molecular complexity index is 945. The van der Waals surface area contributed by atoms with Crippen molar-refractivity contribution in [3.05, 3.63) is 71.8 Å². The molecule has 196 valence electrons. The zero-order chi connectivity index (χ0) is 26.0. The standard InChI is InChI=1S/C28H37NO7/c1-20-25(34-18-22-13-9-6-10-14-22)24(33-17-21-11-7-5-8-12-21)15-16-32-19-23(26(30)35-20)29-27(31)36-28(2,3)4/h5-14,20,23-25H,15-19H2,1-4H3,(H,29,31)/t20-,23-,24+,25-/m0/s1. The lowest BCUT2D eigenvalue weighted by atomic mass is 10.0. The Kier molecular flexibility index (Phi) is 10.3. The number of esters is 1. The summed E-state index contributed by atoms with van der Waals surface area (Å²) in [5.74, 6) is -0.620. The largest absolute Gasteiger partial charge is 0.458 e. The molecule has 4 atom stereocenters. The van der Waals surface area contributed by atoms with Crippen molar-refractivity contribution in [1.82, 2.24) is 5.32 Å². The fourth-order valence-electron chi connectivity index (χ4n) is 3.78. The van der Waals surface area contributed by atoms with Crippen LogP contribution in [0.1, 0.15) is 45.2 Å². The molecule has 1 fully saturated rings. The number of cyclic esters (lactones) is 1. The first-order valence-corrected chi connectivity index (χ1v) is 12.3. The third-order valence-electron chi connectivity index (χ3n) is 5.53. The summed E-state index contributed by atoms with van der Waals surface area (Å²) < 4.78 is 29.3. The average Bonchev–Trinajstić information content (AvgIpc) is 2.83. The van der Waals surface area contributed by atoms with Crippen molar-refractivity contribution in [2.45, 2.75) is 77.3 Å². The van der Waals surface area contributed by atoms with Crippen molar-refractivity contribution >= 4 is 12.1 Å². The van der Waals surface area contributed by atoms with Gasteiger partial charge in [-0.25, -0.2) is 9.59 Å². The molecule has 1 heterocycles. The number of ether oxygens (including phenoxy) is 5. The summed E-state index contributed by atoms with van der Waals surface area (Å²) in [6, 6.07) is 18.6. The van der Waals surface area contributed by atoms with E-state index < -0.39 is 35.9 Å². The van der Waals surface area contributed by atoms with Crippen LogP contribution in [0.3, 0.4) is 0 Å². The first-order chi connectivity index (χ1) is 17.2. The number of rotatable bonds is 7. The van der Waals surface area contributed by atoms with Gasteiger partial charge in [0.15, 0.2) is 6.04 Å². The number of hydrogen-bond acceptors (Lipinski definition) is 7.